The summed E-state index contributed by atoms with van der Waals surface area (Å²) in [6, 6.07) is 5.94. The number of carboxylic acids is 1. The van der Waals surface area contributed by atoms with Crippen molar-refractivity contribution in [3.63, 3.8) is 0 Å². The predicted octanol–water partition coefficient (Wildman–Crippen LogP) is 1.25. The van der Waals surface area contributed by atoms with E-state index in [1.807, 2.05) is 32.0 Å². The number of benzene rings is 1. The first-order valence-electron chi connectivity index (χ1n) is 5.91. The highest BCUT2D eigenvalue weighted by Gasteiger charge is 2.31. The molecule has 20 heavy (non-hydrogen) atoms. The summed E-state index contributed by atoms with van der Waals surface area (Å²) >= 11 is 6.13. The summed E-state index contributed by atoms with van der Waals surface area (Å²) in [5.41, 5.74) is 3.06. The summed E-state index contributed by atoms with van der Waals surface area (Å²) in [4.78, 5) is 24.2. The molecule has 1 fully saturated rings. The van der Waals surface area contributed by atoms with E-state index in [0.29, 0.717) is 4.91 Å². The minimum Gasteiger partial charge on any atom is -0.548 e. The van der Waals surface area contributed by atoms with E-state index in [2.05, 4.69) is 0 Å². The van der Waals surface area contributed by atoms with Crippen LogP contribution in [0.4, 0.5) is 0 Å². The molecule has 1 aromatic carbocycles. The maximum Gasteiger partial charge on any atom is 0.266 e. The summed E-state index contributed by atoms with van der Waals surface area (Å²) in [6.45, 7) is 3.42. The van der Waals surface area contributed by atoms with Crippen LogP contribution in [0.2, 0.25) is 0 Å². The van der Waals surface area contributed by atoms with Crippen molar-refractivity contribution in [2.45, 2.75) is 13.8 Å². The summed E-state index contributed by atoms with van der Waals surface area (Å²) in [6.07, 6.45) is 1.75. The molecule has 1 aromatic rings. The number of nitrogens with zero attached hydrogens (tertiary/aromatic N) is 1. The lowest BCUT2D eigenvalue weighted by Gasteiger charge is -2.14. The van der Waals surface area contributed by atoms with Crippen molar-refractivity contribution in [3.05, 3.63) is 39.8 Å². The highest BCUT2D eigenvalue weighted by molar-refractivity contribution is 8.26. The van der Waals surface area contributed by atoms with Crippen LogP contribution in [0.3, 0.4) is 0 Å². The normalized spacial score (nSPS) is 17.1. The number of rotatable bonds is 3. The Kier molecular flexibility index (Phi) is 4.25. The second-order valence-electron chi connectivity index (χ2n) is 4.50. The van der Waals surface area contributed by atoms with Gasteiger partial charge in [0.15, 0.2) is 0 Å². The molecular weight excluding hydrogens is 294 g/mol. The standard InChI is InChI=1S/C14H13NO3S2/c1-8-3-4-9(2)10(5-8)6-11-13(18)15(7-12(16)17)14(19)20-11/h3-6H,7H2,1-2H3,(H,16,17)/p-1/b11-6-. The van der Waals surface area contributed by atoms with Gasteiger partial charge < -0.3 is 9.90 Å². The van der Waals surface area contributed by atoms with Crippen LogP contribution in [0.5, 0.6) is 0 Å². The zero-order chi connectivity index (χ0) is 14.9. The summed E-state index contributed by atoms with van der Waals surface area (Å²) in [7, 11) is 0. The van der Waals surface area contributed by atoms with Crippen molar-refractivity contribution in [1.82, 2.24) is 4.90 Å². The third kappa shape index (κ3) is 3.08. The fourth-order valence-corrected chi connectivity index (χ4v) is 3.07. The Morgan fingerprint density at radius 1 is 1.45 bits per heavy atom. The fourth-order valence-electron chi connectivity index (χ4n) is 1.82. The first-order valence-corrected chi connectivity index (χ1v) is 7.13. The maximum absolute atomic E-state index is 12.1. The number of carboxylic acid groups (broad SMARTS) is 1. The van der Waals surface area contributed by atoms with Crippen molar-refractivity contribution in [2.75, 3.05) is 6.54 Å². The zero-order valence-corrected chi connectivity index (χ0v) is 12.6. The van der Waals surface area contributed by atoms with Gasteiger partial charge in [-0.3, -0.25) is 9.69 Å². The average molecular weight is 306 g/mol. The molecule has 0 atom stereocenters. The molecule has 0 bridgehead atoms. The second kappa shape index (κ2) is 5.76. The molecular formula is C14H12NO3S2-. The van der Waals surface area contributed by atoms with Gasteiger partial charge in [-0.1, -0.05) is 47.7 Å². The van der Waals surface area contributed by atoms with Crippen molar-refractivity contribution in [2.24, 2.45) is 0 Å². The van der Waals surface area contributed by atoms with Crippen LogP contribution in [0.25, 0.3) is 6.08 Å². The van der Waals surface area contributed by atoms with Gasteiger partial charge in [-0.15, -0.1) is 0 Å². The molecule has 2 rings (SSSR count). The highest BCUT2D eigenvalue weighted by atomic mass is 32.2. The molecule has 0 radical (unpaired) electrons. The molecule has 0 saturated carbocycles. The highest BCUT2D eigenvalue weighted by Crippen LogP contribution is 2.32. The van der Waals surface area contributed by atoms with Gasteiger partial charge in [0.05, 0.1) is 17.4 Å². The monoisotopic (exact) mass is 306 g/mol. The molecule has 1 aliphatic rings. The second-order valence-corrected chi connectivity index (χ2v) is 6.18. The lowest BCUT2D eigenvalue weighted by Crippen LogP contribution is -2.40. The number of carbonyl (C=O) groups is 2. The fraction of sp³-hybridized carbons (Fsp3) is 0.214. The lowest BCUT2D eigenvalue weighted by molar-refractivity contribution is -0.305. The number of hydrogen-bond donors (Lipinski definition) is 0. The van der Waals surface area contributed by atoms with Crippen LogP contribution >= 0.6 is 24.0 Å². The number of hydrogen-bond acceptors (Lipinski definition) is 5. The van der Waals surface area contributed by atoms with E-state index in [1.165, 1.54) is 0 Å². The molecule has 1 heterocycles. The van der Waals surface area contributed by atoms with Crippen LogP contribution in [-0.2, 0) is 9.59 Å². The Morgan fingerprint density at radius 3 is 2.80 bits per heavy atom. The van der Waals surface area contributed by atoms with E-state index in [0.717, 1.165) is 33.4 Å². The number of amides is 1. The first kappa shape index (κ1) is 14.7. The van der Waals surface area contributed by atoms with Crippen molar-refractivity contribution < 1.29 is 14.7 Å². The van der Waals surface area contributed by atoms with E-state index >= 15 is 0 Å². The van der Waals surface area contributed by atoms with Gasteiger partial charge in [0.2, 0.25) is 0 Å². The minimum absolute atomic E-state index is 0.246. The van der Waals surface area contributed by atoms with Gasteiger partial charge in [0.1, 0.15) is 4.32 Å². The van der Waals surface area contributed by atoms with E-state index in [1.54, 1.807) is 6.08 Å². The topological polar surface area (TPSA) is 60.4 Å². The smallest absolute Gasteiger partial charge is 0.266 e. The Bertz CT molecular complexity index is 637. The maximum atomic E-state index is 12.1. The largest absolute Gasteiger partial charge is 0.548 e. The molecule has 0 unspecified atom stereocenters. The Balaban J connectivity index is 2.32. The summed E-state index contributed by atoms with van der Waals surface area (Å²) < 4.78 is 0.246. The molecule has 1 saturated heterocycles. The van der Waals surface area contributed by atoms with Crippen molar-refractivity contribution in [3.8, 4) is 0 Å². The molecule has 104 valence electrons. The number of thiocarbonyl (C=S) groups is 1. The van der Waals surface area contributed by atoms with Gasteiger partial charge in [-0.2, -0.15) is 0 Å². The Labute approximate surface area is 126 Å². The molecule has 0 aromatic heterocycles. The number of carbonyl (C=O) groups excluding carboxylic acids is 2. The van der Waals surface area contributed by atoms with Crippen molar-refractivity contribution >= 4 is 46.3 Å². The lowest BCUT2D eigenvalue weighted by atomic mass is 10.1. The van der Waals surface area contributed by atoms with Gasteiger partial charge in [-0.05, 0) is 31.1 Å². The Hall–Kier alpha value is -1.66. The van der Waals surface area contributed by atoms with Crippen LogP contribution in [0.15, 0.2) is 23.1 Å². The van der Waals surface area contributed by atoms with Gasteiger partial charge in [-0.25, -0.2) is 0 Å². The number of aliphatic carboxylic acids is 1. The van der Waals surface area contributed by atoms with Gasteiger partial charge in [0, 0.05) is 0 Å². The van der Waals surface area contributed by atoms with E-state index in [4.69, 9.17) is 12.2 Å². The average Bonchev–Trinajstić information content (AvgIpc) is 2.61. The van der Waals surface area contributed by atoms with Crippen LogP contribution in [-0.4, -0.2) is 27.6 Å². The predicted molar refractivity (Wildman–Crippen MR) is 80.8 cm³/mol. The SMILES string of the molecule is Cc1ccc(C)c(/C=C2\SC(=S)N(CC(=O)[O-])C2=O)c1. The van der Waals surface area contributed by atoms with E-state index in [9.17, 15) is 14.7 Å². The molecule has 0 spiro atoms. The minimum atomic E-state index is -1.32. The Morgan fingerprint density at radius 2 is 2.15 bits per heavy atom. The molecule has 1 amide bonds. The molecule has 0 N–H and O–H groups in total. The summed E-state index contributed by atoms with van der Waals surface area (Å²) in [5, 5.41) is 10.6. The molecule has 1 aliphatic heterocycles. The van der Waals surface area contributed by atoms with Gasteiger partial charge in [0.25, 0.3) is 5.91 Å². The van der Waals surface area contributed by atoms with E-state index in [-0.39, 0.29) is 10.2 Å². The molecule has 4 nitrogen and oxygen atoms in total. The third-order valence-corrected chi connectivity index (χ3v) is 4.26. The third-order valence-electron chi connectivity index (χ3n) is 2.88. The van der Waals surface area contributed by atoms with Crippen LogP contribution in [0.1, 0.15) is 16.7 Å². The quantitative estimate of drug-likeness (QED) is 0.621. The summed E-state index contributed by atoms with van der Waals surface area (Å²) in [5.74, 6) is -1.71. The van der Waals surface area contributed by atoms with Crippen molar-refractivity contribution in [1.29, 1.82) is 0 Å². The zero-order valence-electron chi connectivity index (χ0n) is 11.0. The van der Waals surface area contributed by atoms with E-state index < -0.39 is 12.5 Å². The van der Waals surface area contributed by atoms with Gasteiger partial charge >= 0.3 is 0 Å². The first-order chi connectivity index (χ1) is 9.38. The number of aryl methyl sites for hydroxylation is 2. The molecule has 6 heteroatoms. The van der Waals surface area contributed by atoms with Crippen LogP contribution in [0, 0.1) is 13.8 Å². The number of thioether (sulfide) groups is 1. The molecule has 0 aliphatic carbocycles. The van der Waals surface area contributed by atoms with Crippen LogP contribution < -0.4 is 5.11 Å².